The van der Waals surface area contributed by atoms with Crippen molar-refractivity contribution >= 4 is 17.1 Å². The number of benzene rings is 10. The topological polar surface area (TPSA) is 21.7 Å². The first-order valence-electron chi connectivity index (χ1n) is 21.9. The van der Waals surface area contributed by atoms with E-state index in [1.165, 1.54) is 38.9 Å². The first-order chi connectivity index (χ1) is 31.7. The van der Waals surface area contributed by atoms with Crippen LogP contribution in [0.5, 0.6) is 23.0 Å². The lowest BCUT2D eigenvalue weighted by Crippen LogP contribution is -2.25. The summed E-state index contributed by atoms with van der Waals surface area (Å²) in [6.45, 7) is 0. The Balaban J connectivity index is 0.982. The van der Waals surface area contributed by atoms with Crippen molar-refractivity contribution in [2.24, 2.45) is 0 Å². The number of ether oxygens (including phenoxy) is 2. The van der Waals surface area contributed by atoms with Crippen LogP contribution in [0.25, 0.3) is 55.6 Å². The Labute approximate surface area is 372 Å². The van der Waals surface area contributed by atoms with Gasteiger partial charge in [-0.1, -0.05) is 182 Å². The summed E-state index contributed by atoms with van der Waals surface area (Å²) in [6, 6.07) is 84.8. The summed E-state index contributed by atoms with van der Waals surface area (Å²) in [5.41, 5.74) is 19.3. The van der Waals surface area contributed by atoms with E-state index in [2.05, 4.69) is 235 Å². The third-order valence-electron chi connectivity index (χ3n) is 13.3. The number of nitrogens with zero attached hydrogens (tertiary/aromatic N) is 1. The summed E-state index contributed by atoms with van der Waals surface area (Å²) in [6.07, 6.45) is 0. The average molecular weight is 818 g/mol. The second-order valence-electron chi connectivity index (χ2n) is 16.8. The molecule has 1 aliphatic heterocycles. The van der Waals surface area contributed by atoms with Crippen LogP contribution in [0, 0.1) is 0 Å². The van der Waals surface area contributed by atoms with Crippen LogP contribution in [-0.2, 0) is 5.41 Å². The van der Waals surface area contributed by atoms with Gasteiger partial charge in [0.25, 0.3) is 0 Å². The fourth-order valence-electron chi connectivity index (χ4n) is 10.6. The molecule has 3 nitrogen and oxygen atoms in total. The predicted octanol–water partition coefficient (Wildman–Crippen LogP) is 16.4. The molecule has 10 aromatic carbocycles. The van der Waals surface area contributed by atoms with E-state index >= 15 is 0 Å². The monoisotopic (exact) mass is 817 g/mol. The molecule has 10 aromatic rings. The van der Waals surface area contributed by atoms with Crippen molar-refractivity contribution in [3.8, 4) is 78.6 Å². The Morgan fingerprint density at radius 1 is 0.281 bits per heavy atom. The third kappa shape index (κ3) is 5.47. The molecule has 64 heavy (non-hydrogen) atoms. The molecular weight excluding hydrogens is 779 g/mol. The second-order valence-corrected chi connectivity index (χ2v) is 16.8. The van der Waals surface area contributed by atoms with Crippen molar-refractivity contribution in [3.05, 3.63) is 259 Å². The third-order valence-corrected chi connectivity index (χ3v) is 13.3. The smallest absolute Gasteiger partial charge is 0.178 e. The van der Waals surface area contributed by atoms with Crippen molar-refractivity contribution in [1.82, 2.24) is 0 Å². The normalized spacial score (nSPS) is 13.1. The Bertz CT molecular complexity index is 3330. The van der Waals surface area contributed by atoms with Crippen LogP contribution >= 0.6 is 0 Å². The lowest BCUT2D eigenvalue weighted by molar-refractivity contribution is 0.360. The molecule has 1 spiro atoms. The molecule has 3 aliphatic rings. The van der Waals surface area contributed by atoms with Crippen molar-refractivity contribution < 1.29 is 9.47 Å². The molecular formula is C61H39NO2. The summed E-state index contributed by atoms with van der Waals surface area (Å²) >= 11 is 0. The van der Waals surface area contributed by atoms with Crippen LogP contribution in [0.15, 0.2) is 237 Å². The minimum Gasteiger partial charge on any atom is -0.449 e. The zero-order chi connectivity index (χ0) is 42.2. The summed E-state index contributed by atoms with van der Waals surface area (Å²) < 4.78 is 14.1. The highest BCUT2D eigenvalue weighted by Gasteiger charge is 2.53. The molecule has 0 unspecified atom stereocenters. The van der Waals surface area contributed by atoms with Crippen LogP contribution in [0.4, 0.5) is 17.1 Å². The van der Waals surface area contributed by atoms with Crippen LogP contribution in [0.3, 0.4) is 0 Å². The van der Waals surface area contributed by atoms with Gasteiger partial charge in [-0.05, 0) is 121 Å². The molecule has 13 rings (SSSR count). The van der Waals surface area contributed by atoms with Gasteiger partial charge in [0, 0.05) is 23.0 Å². The maximum Gasteiger partial charge on any atom is 0.178 e. The van der Waals surface area contributed by atoms with Crippen LogP contribution in [0.1, 0.15) is 22.3 Å². The number of rotatable bonds is 6. The molecule has 1 heterocycles. The van der Waals surface area contributed by atoms with Crippen LogP contribution in [0.2, 0.25) is 0 Å². The molecule has 300 valence electrons. The Morgan fingerprint density at radius 2 is 0.750 bits per heavy atom. The van der Waals surface area contributed by atoms with Crippen molar-refractivity contribution in [2.75, 3.05) is 4.90 Å². The van der Waals surface area contributed by atoms with Crippen molar-refractivity contribution in [2.45, 2.75) is 5.41 Å². The number of fused-ring (bicyclic) bond motifs is 13. The van der Waals surface area contributed by atoms with Crippen LogP contribution < -0.4 is 14.4 Å². The number of hydrogen-bond donors (Lipinski definition) is 0. The van der Waals surface area contributed by atoms with E-state index in [1.54, 1.807) is 0 Å². The van der Waals surface area contributed by atoms with Gasteiger partial charge in [0.1, 0.15) is 0 Å². The summed E-state index contributed by atoms with van der Waals surface area (Å²) in [5.74, 6) is 2.79. The first-order valence-corrected chi connectivity index (χ1v) is 21.9. The molecule has 3 heteroatoms. The van der Waals surface area contributed by atoms with Crippen molar-refractivity contribution in [1.29, 1.82) is 0 Å². The van der Waals surface area contributed by atoms with E-state index in [9.17, 15) is 0 Å². The number of anilines is 3. The number of hydrogen-bond acceptors (Lipinski definition) is 3. The molecule has 0 fully saturated rings. The van der Waals surface area contributed by atoms with Gasteiger partial charge < -0.3 is 14.4 Å². The van der Waals surface area contributed by atoms with E-state index in [4.69, 9.17) is 9.47 Å². The lowest BCUT2D eigenvalue weighted by atomic mass is 9.70. The van der Waals surface area contributed by atoms with Gasteiger partial charge in [-0.2, -0.15) is 0 Å². The maximum absolute atomic E-state index is 7.23. The minimum absolute atomic E-state index is 0.484. The van der Waals surface area contributed by atoms with Gasteiger partial charge in [0.05, 0.1) is 11.1 Å². The standard InChI is InChI=1S/C61H39NO2/c1-4-16-40(17-5-1)43-28-30-46(31-29-43)62(48-37-44(41-18-6-2-7-19-41)36-45(38-48)42-20-8-3-9-21-42)47-32-34-56-58(39-47)64-60-57(63-56)35-33-55-59(60)51-24-12-15-27-54(51)61(55)52-25-13-10-22-49(52)50-23-11-14-26-53(50)61/h1-39H. The highest BCUT2D eigenvalue weighted by atomic mass is 16.6. The largest absolute Gasteiger partial charge is 0.449 e. The van der Waals surface area contributed by atoms with E-state index in [0.717, 1.165) is 61.8 Å². The molecule has 0 atom stereocenters. The van der Waals surface area contributed by atoms with Gasteiger partial charge in [-0.15, -0.1) is 0 Å². The first kappa shape index (κ1) is 36.3. The quantitative estimate of drug-likeness (QED) is 0.167. The average Bonchev–Trinajstić information content (AvgIpc) is 3.84. The molecule has 0 N–H and O–H groups in total. The fourth-order valence-corrected chi connectivity index (χ4v) is 10.6. The molecule has 0 bridgehead atoms. The summed E-state index contributed by atoms with van der Waals surface area (Å²) in [5, 5.41) is 0. The molecule has 0 saturated heterocycles. The zero-order valence-electron chi connectivity index (χ0n) is 34.8. The van der Waals surface area contributed by atoms with Crippen molar-refractivity contribution in [3.63, 3.8) is 0 Å². The van der Waals surface area contributed by atoms with Gasteiger partial charge >= 0.3 is 0 Å². The predicted molar refractivity (Wildman–Crippen MR) is 260 cm³/mol. The molecule has 2 aliphatic carbocycles. The zero-order valence-corrected chi connectivity index (χ0v) is 34.8. The van der Waals surface area contributed by atoms with E-state index < -0.39 is 5.41 Å². The maximum atomic E-state index is 7.23. The molecule has 0 saturated carbocycles. The second kappa shape index (κ2) is 14.3. The Kier molecular flexibility index (Phi) is 8.13. The summed E-state index contributed by atoms with van der Waals surface area (Å²) in [7, 11) is 0. The summed E-state index contributed by atoms with van der Waals surface area (Å²) in [4.78, 5) is 2.33. The minimum atomic E-state index is -0.484. The molecule has 0 aromatic heterocycles. The highest BCUT2D eigenvalue weighted by Crippen LogP contribution is 2.66. The molecule has 0 radical (unpaired) electrons. The Morgan fingerprint density at radius 3 is 1.34 bits per heavy atom. The Hall–Kier alpha value is -8.40. The van der Waals surface area contributed by atoms with Gasteiger partial charge in [-0.3, -0.25) is 0 Å². The van der Waals surface area contributed by atoms with E-state index in [1.807, 2.05) is 6.07 Å². The highest BCUT2D eigenvalue weighted by molar-refractivity contribution is 5.98. The van der Waals surface area contributed by atoms with E-state index in [0.29, 0.717) is 17.2 Å². The van der Waals surface area contributed by atoms with Gasteiger partial charge in [0.2, 0.25) is 0 Å². The fraction of sp³-hybridized carbons (Fsp3) is 0.0164. The SMILES string of the molecule is c1ccc(-c2ccc(N(c3cc(-c4ccccc4)cc(-c4ccccc4)c3)c3ccc4c(c3)Oc3c(ccc5c3-c3ccccc3C53c5ccccc5-c5ccccc53)O4)cc2)cc1. The van der Waals surface area contributed by atoms with Gasteiger partial charge in [0.15, 0.2) is 23.0 Å². The van der Waals surface area contributed by atoms with Crippen LogP contribution in [-0.4, -0.2) is 0 Å². The van der Waals surface area contributed by atoms with E-state index in [-0.39, 0.29) is 0 Å². The lowest BCUT2D eigenvalue weighted by Gasteiger charge is -2.31. The molecule has 0 amide bonds. The van der Waals surface area contributed by atoms with Gasteiger partial charge in [-0.25, -0.2) is 0 Å².